The van der Waals surface area contributed by atoms with Gasteiger partial charge in [-0.1, -0.05) is 5.16 Å². The molecule has 1 aliphatic heterocycles. The number of benzene rings is 1. The highest BCUT2D eigenvalue weighted by Crippen LogP contribution is 2.36. The molecule has 1 heterocycles. The van der Waals surface area contributed by atoms with Crippen LogP contribution < -0.4 is 5.73 Å². The first-order chi connectivity index (χ1) is 9.61. The van der Waals surface area contributed by atoms with Crippen molar-refractivity contribution in [1.29, 1.82) is 0 Å². The number of amidine groups is 1. The summed E-state index contributed by atoms with van der Waals surface area (Å²) in [5.41, 5.74) is 5.76. The van der Waals surface area contributed by atoms with Crippen molar-refractivity contribution >= 4 is 23.3 Å². The average molecular weight is 297 g/mol. The number of thioether (sulfide) groups is 1. The molecule has 0 saturated carbocycles. The van der Waals surface area contributed by atoms with E-state index in [4.69, 9.17) is 15.7 Å². The monoisotopic (exact) mass is 297 g/mol. The first kappa shape index (κ1) is 14.6. The lowest BCUT2D eigenvalue weighted by atomic mass is 10.2. The molecular weight excluding hydrogens is 282 g/mol. The quantitative estimate of drug-likeness (QED) is 0.289. The van der Waals surface area contributed by atoms with Crippen molar-refractivity contribution in [2.45, 2.75) is 23.0 Å². The third-order valence-corrected chi connectivity index (χ3v) is 4.42. The van der Waals surface area contributed by atoms with Crippen LogP contribution in [0.3, 0.4) is 0 Å². The van der Waals surface area contributed by atoms with Crippen LogP contribution in [0.2, 0.25) is 0 Å². The van der Waals surface area contributed by atoms with Crippen LogP contribution in [0.15, 0.2) is 28.3 Å². The Hall–Kier alpha value is -1.80. The van der Waals surface area contributed by atoms with Crippen LogP contribution in [0.4, 0.5) is 5.69 Å². The van der Waals surface area contributed by atoms with E-state index in [1.54, 1.807) is 12.1 Å². The van der Waals surface area contributed by atoms with Gasteiger partial charge in [-0.05, 0) is 25.0 Å². The Labute approximate surface area is 119 Å². The van der Waals surface area contributed by atoms with Gasteiger partial charge in [0.05, 0.1) is 9.82 Å². The van der Waals surface area contributed by atoms with Gasteiger partial charge in [0, 0.05) is 30.1 Å². The van der Waals surface area contributed by atoms with Crippen LogP contribution in [0.1, 0.15) is 18.4 Å². The topological polar surface area (TPSA) is 111 Å². The van der Waals surface area contributed by atoms with Crippen molar-refractivity contribution < 1.29 is 14.9 Å². The molecule has 3 N–H and O–H groups in total. The Morgan fingerprint density at radius 1 is 1.50 bits per heavy atom. The summed E-state index contributed by atoms with van der Waals surface area (Å²) in [4.78, 5) is 11.3. The molecule has 20 heavy (non-hydrogen) atoms. The van der Waals surface area contributed by atoms with Crippen molar-refractivity contribution in [3.05, 3.63) is 33.9 Å². The summed E-state index contributed by atoms with van der Waals surface area (Å²) in [6.45, 7) is 1.38. The normalized spacial score (nSPS) is 17.1. The van der Waals surface area contributed by atoms with Crippen LogP contribution in [0, 0.1) is 10.1 Å². The molecule has 1 aliphatic rings. The minimum absolute atomic E-state index is 0.0226. The molecule has 8 heteroatoms. The second-order valence-electron chi connectivity index (χ2n) is 4.35. The molecule has 0 radical (unpaired) electrons. The molecule has 2 rings (SSSR count). The maximum Gasteiger partial charge on any atom is 0.283 e. The van der Waals surface area contributed by atoms with Crippen LogP contribution in [-0.4, -0.2) is 34.4 Å². The predicted molar refractivity (Wildman–Crippen MR) is 75.3 cm³/mol. The summed E-state index contributed by atoms with van der Waals surface area (Å²) in [6.07, 6.45) is 1.76. The SMILES string of the molecule is NC(=NO)c1ccc(SC2CCOCC2)c([N+](=O)[O-])c1. The third kappa shape index (κ3) is 3.40. The van der Waals surface area contributed by atoms with E-state index < -0.39 is 4.92 Å². The van der Waals surface area contributed by atoms with Crippen LogP contribution >= 0.6 is 11.8 Å². The number of hydrogen-bond donors (Lipinski definition) is 2. The van der Waals surface area contributed by atoms with Crippen molar-refractivity contribution in [3.63, 3.8) is 0 Å². The molecule has 0 aromatic heterocycles. The van der Waals surface area contributed by atoms with Gasteiger partial charge in [-0.25, -0.2) is 0 Å². The van der Waals surface area contributed by atoms with E-state index in [9.17, 15) is 10.1 Å². The largest absolute Gasteiger partial charge is 0.409 e. The number of oxime groups is 1. The second-order valence-corrected chi connectivity index (χ2v) is 5.70. The average Bonchev–Trinajstić information content (AvgIpc) is 2.47. The van der Waals surface area contributed by atoms with Gasteiger partial charge in [-0.3, -0.25) is 10.1 Å². The van der Waals surface area contributed by atoms with Gasteiger partial charge in [0.2, 0.25) is 0 Å². The van der Waals surface area contributed by atoms with Crippen molar-refractivity contribution in [3.8, 4) is 0 Å². The molecule has 0 bridgehead atoms. The molecule has 0 amide bonds. The third-order valence-electron chi connectivity index (χ3n) is 3.02. The van der Waals surface area contributed by atoms with Gasteiger partial charge < -0.3 is 15.7 Å². The number of nitrogens with zero attached hydrogens (tertiary/aromatic N) is 2. The lowest BCUT2D eigenvalue weighted by Gasteiger charge is -2.21. The summed E-state index contributed by atoms with van der Waals surface area (Å²) in [6, 6.07) is 4.59. The summed E-state index contributed by atoms with van der Waals surface area (Å²) < 4.78 is 5.27. The van der Waals surface area contributed by atoms with Gasteiger partial charge >= 0.3 is 0 Å². The Morgan fingerprint density at radius 3 is 2.80 bits per heavy atom. The summed E-state index contributed by atoms with van der Waals surface area (Å²) in [5, 5.41) is 22.9. The zero-order valence-electron chi connectivity index (χ0n) is 10.7. The minimum atomic E-state index is -0.449. The minimum Gasteiger partial charge on any atom is -0.409 e. The summed E-state index contributed by atoms with van der Waals surface area (Å²) >= 11 is 1.48. The van der Waals surface area contributed by atoms with Crippen molar-refractivity contribution in [2.24, 2.45) is 10.9 Å². The zero-order chi connectivity index (χ0) is 14.5. The van der Waals surface area contributed by atoms with E-state index in [-0.39, 0.29) is 11.5 Å². The fraction of sp³-hybridized carbons (Fsp3) is 0.417. The number of hydrogen-bond acceptors (Lipinski definition) is 6. The van der Waals surface area contributed by atoms with Gasteiger partial charge in [0.1, 0.15) is 0 Å². The van der Waals surface area contributed by atoms with Gasteiger partial charge in [0.15, 0.2) is 5.84 Å². The van der Waals surface area contributed by atoms with Crippen LogP contribution in [-0.2, 0) is 4.74 Å². The molecule has 1 saturated heterocycles. The number of nitro benzene ring substituents is 1. The van der Waals surface area contributed by atoms with E-state index in [2.05, 4.69) is 5.16 Å². The van der Waals surface area contributed by atoms with E-state index in [0.29, 0.717) is 28.9 Å². The lowest BCUT2D eigenvalue weighted by Crippen LogP contribution is -2.17. The molecule has 0 atom stereocenters. The molecule has 7 nitrogen and oxygen atoms in total. The van der Waals surface area contributed by atoms with Gasteiger partial charge in [0.25, 0.3) is 5.69 Å². The molecule has 0 unspecified atom stereocenters. The zero-order valence-corrected chi connectivity index (χ0v) is 11.5. The number of rotatable bonds is 4. The van der Waals surface area contributed by atoms with Crippen LogP contribution in [0.25, 0.3) is 0 Å². The standard InChI is InChI=1S/C12H15N3O4S/c13-12(14-16)8-1-2-11(10(7-8)15(17)18)20-9-3-5-19-6-4-9/h1-2,7,9,16H,3-6H2,(H2,13,14). The fourth-order valence-corrected chi connectivity index (χ4v) is 3.14. The molecule has 108 valence electrons. The highest BCUT2D eigenvalue weighted by atomic mass is 32.2. The fourth-order valence-electron chi connectivity index (χ4n) is 1.95. The van der Waals surface area contributed by atoms with E-state index in [1.165, 1.54) is 17.8 Å². The van der Waals surface area contributed by atoms with Gasteiger partial charge in [-0.15, -0.1) is 11.8 Å². The van der Waals surface area contributed by atoms with Gasteiger partial charge in [-0.2, -0.15) is 0 Å². The first-order valence-corrected chi connectivity index (χ1v) is 7.00. The van der Waals surface area contributed by atoms with Crippen LogP contribution in [0.5, 0.6) is 0 Å². The Balaban J connectivity index is 2.25. The second kappa shape index (κ2) is 6.58. The smallest absolute Gasteiger partial charge is 0.283 e. The van der Waals surface area contributed by atoms with E-state index in [0.717, 1.165) is 12.8 Å². The Kier molecular flexibility index (Phi) is 4.80. The molecular formula is C12H15N3O4S. The molecule has 0 aliphatic carbocycles. The maximum atomic E-state index is 11.2. The van der Waals surface area contributed by atoms with E-state index in [1.807, 2.05) is 0 Å². The molecule has 1 fully saturated rings. The number of nitrogens with two attached hydrogens (primary N) is 1. The van der Waals surface area contributed by atoms with Crippen molar-refractivity contribution in [1.82, 2.24) is 0 Å². The Bertz CT molecular complexity index is 529. The molecule has 0 spiro atoms. The Morgan fingerprint density at radius 2 is 2.20 bits per heavy atom. The number of ether oxygens (including phenoxy) is 1. The summed E-state index contributed by atoms with van der Waals surface area (Å²) in [7, 11) is 0. The lowest BCUT2D eigenvalue weighted by molar-refractivity contribution is -0.387. The van der Waals surface area contributed by atoms with Crippen molar-refractivity contribution in [2.75, 3.05) is 13.2 Å². The summed E-state index contributed by atoms with van der Waals surface area (Å²) in [5.74, 6) is -0.143. The highest BCUT2D eigenvalue weighted by molar-refractivity contribution is 8.00. The maximum absolute atomic E-state index is 11.2. The van der Waals surface area contributed by atoms with E-state index >= 15 is 0 Å². The molecule has 1 aromatic rings. The predicted octanol–water partition coefficient (Wildman–Crippen LogP) is 1.96. The highest BCUT2D eigenvalue weighted by Gasteiger charge is 2.22. The first-order valence-electron chi connectivity index (χ1n) is 6.12. The molecule has 1 aromatic carbocycles. The number of nitro groups is 1.